The number of carbonyl (C=O) groups is 1. The number of carbonyl (C=O) groups excluding carboxylic acids is 1. The summed E-state index contributed by atoms with van der Waals surface area (Å²) in [6, 6.07) is 3.75. The second kappa shape index (κ2) is 11.4. The van der Waals surface area contributed by atoms with Gasteiger partial charge in [-0.25, -0.2) is 4.98 Å². The molecule has 0 bridgehead atoms. The largest absolute Gasteiger partial charge is 0.356 e. The number of nitrogens with zero attached hydrogens (tertiary/aromatic N) is 3. The van der Waals surface area contributed by atoms with Crippen LogP contribution in [-0.2, 0) is 4.79 Å². The highest BCUT2D eigenvalue weighted by Gasteiger charge is 2.25. The van der Waals surface area contributed by atoms with Gasteiger partial charge in [0.15, 0.2) is 5.96 Å². The van der Waals surface area contributed by atoms with Crippen molar-refractivity contribution in [1.29, 1.82) is 0 Å². The number of hydrogen-bond acceptors (Lipinski definition) is 3. The summed E-state index contributed by atoms with van der Waals surface area (Å²) in [5.74, 6) is 2.93. The SMILES string of the molecule is CN=C(NCCC(=O)Nc1ccc(C)cn1)N1CCC(CC(C)C)C1.I. The van der Waals surface area contributed by atoms with Crippen LogP contribution < -0.4 is 10.6 Å². The molecule has 26 heavy (non-hydrogen) atoms. The van der Waals surface area contributed by atoms with E-state index in [4.69, 9.17) is 0 Å². The molecule has 0 saturated carbocycles. The van der Waals surface area contributed by atoms with Crippen LogP contribution in [0.3, 0.4) is 0 Å². The monoisotopic (exact) mass is 473 g/mol. The predicted octanol–water partition coefficient (Wildman–Crippen LogP) is 3.28. The van der Waals surface area contributed by atoms with E-state index >= 15 is 0 Å². The summed E-state index contributed by atoms with van der Waals surface area (Å²) in [4.78, 5) is 22.9. The number of aromatic nitrogens is 1. The average molecular weight is 473 g/mol. The number of anilines is 1. The summed E-state index contributed by atoms with van der Waals surface area (Å²) in [6.07, 6.45) is 4.62. The molecule has 1 atom stereocenters. The Morgan fingerprint density at radius 2 is 2.19 bits per heavy atom. The van der Waals surface area contributed by atoms with Gasteiger partial charge in [0.1, 0.15) is 5.82 Å². The molecule has 146 valence electrons. The highest BCUT2D eigenvalue weighted by atomic mass is 127. The molecule has 6 nitrogen and oxygen atoms in total. The lowest BCUT2D eigenvalue weighted by atomic mass is 9.97. The Balaban J connectivity index is 0.00000338. The number of halogens is 1. The highest BCUT2D eigenvalue weighted by molar-refractivity contribution is 14.0. The number of aryl methyl sites for hydroxylation is 1. The maximum absolute atomic E-state index is 12.0. The topological polar surface area (TPSA) is 69.6 Å². The molecule has 7 heteroatoms. The second-order valence-corrected chi connectivity index (χ2v) is 7.22. The molecule has 1 amide bonds. The minimum absolute atomic E-state index is 0. The smallest absolute Gasteiger partial charge is 0.227 e. The van der Waals surface area contributed by atoms with Crippen LogP contribution in [0.2, 0.25) is 0 Å². The van der Waals surface area contributed by atoms with E-state index in [1.165, 1.54) is 12.8 Å². The number of amides is 1. The Morgan fingerprint density at radius 3 is 2.81 bits per heavy atom. The minimum Gasteiger partial charge on any atom is -0.356 e. The lowest BCUT2D eigenvalue weighted by Crippen LogP contribution is -2.41. The van der Waals surface area contributed by atoms with E-state index in [1.54, 1.807) is 13.2 Å². The molecule has 2 rings (SSSR count). The number of rotatable bonds is 6. The highest BCUT2D eigenvalue weighted by Crippen LogP contribution is 2.23. The maximum atomic E-state index is 12.0. The van der Waals surface area contributed by atoms with Crippen molar-refractivity contribution in [3.05, 3.63) is 23.9 Å². The Morgan fingerprint density at radius 1 is 1.42 bits per heavy atom. The van der Waals surface area contributed by atoms with Gasteiger partial charge in [0, 0.05) is 39.3 Å². The van der Waals surface area contributed by atoms with Gasteiger partial charge in [-0.15, -0.1) is 24.0 Å². The zero-order chi connectivity index (χ0) is 18.2. The first kappa shape index (κ1) is 22.7. The molecule has 1 saturated heterocycles. The number of hydrogen-bond donors (Lipinski definition) is 2. The van der Waals surface area contributed by atoms with Crippen molar-refractivity contribution < 1.29 is 4.79 Å². The summed E-state index contributed by atoms with van der Waals surface area (Å²) in [7, 11) is 1.80. The number of pyridine rings is 1. The zero-order valence-electron chi connectivity index (χ0n) is 16.3. The lowest BCUT2D eigenvalue weighted by Gasteiger charge is -2.22. The maximum Gasteiger partial charge on any atom is 0.227 e. The molecule has 0 aliphatic carbocycles. The van der Waals surface area contributed by atoms with Crippen LogP contribution in [0, 0.1) is 18.8 Å². The van der Waals surface area contributed by atoms with Crippen molar-refractivity contribution in [1.82, 2.24) is 15.2 Å². The third kappa shape index (κ3) is 7.47. The Labute approximate surface area is 174 Å². The molecular formula is C19H32IN5O. The van der Waals surface area contributed by atoms with Gasteiger partial charge in [0.2, 0.25) is 5.91 Å². The Kier molecular flexibility index (Phi) is 9.90. The summed E-state index contributed by atoms with van der Waals surface area (Å²) in [6.45, 7) is 9.18. The first-order valence-corrected chi connectivity index (χ1v) is 9.16. The fourth-order valence-electron chi connectivity index (χ4n) is 3.25. The van der Waals surface area contributed by atoms with E-state index in [0.29, 0.717) is 18.8 Å². The van der Waals surface area contributed by atoms with Gasteiger partial charge >= 0.3 is 0 Å². The van der Waals surface area contributed by atoms with E-state index in [0.717, 1.165) is 36.4 Å². The number of likely N-dealkylation sites (tertiary alicyclic amines) is 1. The molecule has 0 spiro atoms. The van der Waals surface area contributed by atoms with E-state index in [-0.39, 0.29) is 29.9 Å². The molecule has 0 aromatic carbocycles. The van der Waals surface area contributed by atoms with Gasteiger partial charge in [-0.2, -0.15) is 0 Å². The third-order valence-electron chi connectivity index (χ3n) is 4.42. The average Bonchev–Trinajstić information content (AvgIpc) is 3.01. The van der Waals surface area contributed by atoms with Gasteiger partial charge in [0.25, 0.3) is 0 Å². The van der Waals surface area contributed by atoms with Gasteiger partial charge in [-0.05, 0) is 43.2 Å². The van der Waals surface area contributed by atoms with Gasteiger partial charge < -0.3 is 15.5 Å². The third-order valence-corrected chi connectivity index (χ3v) is 4.42. The second-order valence-electron chi connectivity index (χ2n) is 7.22. The molecule has 2 heterocycles. The molecule has 1 aliphatic heterocycles. The molecule has 1 unspecified atom stereocenters. The molecule has 1 fully saturated rings. The zero-order valence-corrected chi connectivity index (χ0v) is 18.6. The van der Waals surface area contributed by atoms with Crippen molar-refractivity contribution in [3.63, 3.8) is 0 Å². The van der Waals surface area contributed by atoms with Crippen LogP contribution in [0.25, 0.3) is 0 Å². The quantitative estimate of drug-likeness (QED) is 0.378. The van der Waals surface area contributed by atoms with Crippen molar-refractivity contribution in [2.45, 2.75) is 40.0 Å². The van der Waals surface area contributed by atoms with Crippen LogP contribution in [-0.4, -0.2) is 48.4 Å². The standard InChI is InChI=1S/C19H31N5O.HI/c1-14(2)11-16-8-10-24(13-16)19(20-4)21-9-7-18(25)23-17-6-5-15(3)12-22-17;/h5-6,12,14,16H,7-11,13H2,1-4H3,(H,20,21)(H,22,23,25);1H. The van der Waals surface area contributed by atoms with Crippen LogP contribution in [0.15, 0.2) is 23.3 Å². The summed E-state index contributed by atoms with van der Waals surface area (Å²) in [5, 5.41) is 6.12. The first-order chi connectivity index (χ1) is 12.0. The number of nitrogens with one attached hydrogen (secondary N) is 2. The molecule has 1 aliphatic rings. The van der Waals surface area contributed by atoms with Crippen molar-refractivity contribution in [2.24, 2.45) is 16.8 Å². The van der Waals surface area contributed by atoms with Gasteiger partial charge in [-0.1, -0.05) is 19.9 Å². The van der Waals surface area contributed by atoms with Crippen molar-refractivity contribution in [3.8, 4) is 0 Å². The van der Waals surface area contributed by atoms with Gasteiger partial charge in [0.05, 0.1) is 0 Å². The summed E-state index contributed by atoms with van der Waals surface area (Å²) in [5.41, 5.74) is 1.07. The Bertz CT molecular complexity index is 588. The van der Waals surface area contributed by atoms with Crippen molar-refractivity contribution >= 4 is 41.7 Å². The van der Waals surface area contributed by atoms with Crippen LogP contribution in [0.1, 0.15) is 38.7 Å². The molecular weight excluding hydrogens is 441 g/mol. The fourth-order valence-corrected chi connectivity index (χ4v) is 3.25. The minimum atomic E-state index is -0.0431. The van der Waals surface area contributed by atoms with Gasteiger partial charge in [-0.3, -0.25) is 9.79 Å². The van der Waals surface area contributed by atoms with E-state index in [1.807, 2.05) is 19.1 Å². The van der Waals surface area contributed by atoms with E-state index < -0.39 is 0 Å². The van der Waals surface area contributed by atoms with Crippen LogP contribution in [0.4, 0.5) is 5.82 Å². The van der Waals surface area contributed by atoms with Crippen molar-refractivity contribution in [2.75, 3.05) is 32.0 Å². The molecule has 1 aromatic rings. The van der Waals surface area contributed by atoms with Crippen LogP contribution >= 0.6 is 24.0 Å². The number of aliphatic imine (C=N–C) groups is 1. The fraction of sp³-hybridized carbons (Fsp3) is 0.632. The summed E-state index contributed by atoms with van der Waals surface area (Å²) < 4.78 is 0. The van der Waals surface area contributed by atoms with E-state index in [9.17, 15) is 4.79 Å². The van der Waals surface area contributed by atoms with E-state index in [2.05, 4.69) is 39.4 Å². The number of guanidine groups is 1. The Hall–Kier alpha value is -1.38. The predicted molar refractivity (Wildman–Crippen MR) is 118 cm³/mol. The lowest BCUT2D eigenvalue weighted by molar-refractivity contribution is -0.116. The summed E-state index contributed by atoms with van der Waals surface area (Å²) >= 11 is 0. The van der Waals surface area contributed by atoms with Crippen LogP contribution in [0.5, 0.6) is 0 Å². The normalized spacial score (nSPS) is 17.2. The molecule has 0 radical (unpaired) electrons. The molecule has 2 N–H and O–H groups in total. The molecule has 1 aromatic heterocycles. The first-order valence-electron chi connectivity index (χ1n) is 9.16.